The van der Waals surface area contributed by atoms with Crippen molar-refractivity contribution < 1.29 is 14.6 Å². The minimum Gasteiger partial charge on any atom is -0.394 e. The molecule has 108 valence electrons. The van der Waals surface area contributed by atoms with Crippen molar-refractivity contribution in [1.29, 1.82) is 5.26 Å². The second-order valence-electron chi connectivity index (χ2n) is 4.50. The number of pyridine rings is 1. The van der Waals surface area contributed by atoms with E-state index in [0.717, 1.165) is 0 Å². The van der Waals surface area contributed by atoms with Crippen LogP contribution in [0.1, 0.15) is 5.56 Å². The fourth-order valence-corrected chi connectivity index (χ4v) is 1.99. The Hall–Kier alpha value is -2.49. The first kappa shape index (κ1) is 14.9. The summed E-state index contributed by atoms with van der Waals surface area (Å²) in [4.78, 5) is 12.2. The van der Waals surface area contributed by atoms with Crippen molar-refractivity contribution in [3.8, 4) is 17.3 Å². The van der Waals surface area contributed by atoms with E-state index in [1.54, 1.807) is 12.1 Å². The average molecular weight is 288 g/mol. The largest absolute Gasteiger partial charge is 0.394 e. The predicted octanol–water partition coefficient (Wildman–Crippen LogP) is 0.879. The summed E-state index contributed by atoms with van der Waals surface area (Å²) in [5, 5.41) is 27.4. The minimum atomic E-state index is -1.13. The van der Waals surface area contributed by atoms with Crippen molar-refractivity contribution in [3.63, 3.8) is 0 Å². The van der Waals surface area contributed by atoms with Gasteiger partial charge in [-0.05, 0) is 42.0 Å². The van der Waals surface area contributed by atoms with Crippen molar-refractivity contribution in [2.45, 2.75) is 12.6 Å². The molecule has 1 aromatic carbocycles. The van der Waals surface area contributed by atoms with Crippen molar-refractivity contribution in [1.82, 2.24) is 4.57 Å². The summed E-state index contributed by atoms with van der Waals surface area (Å²) in [5.74, 6) is -0.406. The molecular formula is C15H13FN2O3. The van der Waals surface area contributed by atoms with Gasteiger partial charge in [0.25, 0.3) is 5.56 Å². The molecule has 2 aromatic rings. The predicted molar refractivity (Wildman–Crippen MR) is 73.9 cm³/mol. The number of hydrogen-bond donors (Lipinski definition) is 2. The average Bonchev–Trinajstić information content (AvgIpc) is 2.50. The summed E-state index contributed by atoms with van der Waals surface area (Å²) in [6.07, 6.45) is -1.13. The Labute approximate surface area is 120 Å². The molecule has 0 aliphatic carbocycles. The molecule has 0 aliphatic heterocycles. The van der Waals surface area contributed by atoms with Gasteiger partial charge in [0.15, 0.2) is 0 Å². The van der Waals surface area contributed by atoms with Gasteiger partial charge in [0.05, 0.1) is 24.9 Å². The maximum atomic E-state index is 13.0. The van der Waals surface area contributed by atoms with Crippen molar-refractivity contribution >= 4 is 0 Å². The molecule has 1 aromatic heterocycles. The first-order chi connectivity index (χ1) is 10.1. The molecule has 0 spiro atoms. The van der Waals surface area contributed by atoms with Gasteiger partial charge in [0.2, 0.25) is 0 Å². The van der Waals surface area contributed by atoms with E-state index in [1.165, 1.54) is 34.9 Å². The molecule has 1 heterocycles. The molecule has 0 radical (unpaired) electrons. The number of benzene rings is 1. The highest BCUT2D eigenvalue weighted by Gasteiger charge is 2.13. The lowest BCUT2D eigenvalue weighted by Crippen LogP contribution is -2.31. The Morgan fingerprint density at radius 2 is 1.90 bits per heavy atom. The second kappa shape index (κ2) is 6.31. The number of rotatable bonds is 4. The number of nitriles is 1. The molecule has 0 saturated heterocycles. The highest BCUT2D eigenvalue weighted by atomic mass is 19.1. The summed E-state index contributed by atoms with van der Waals surface area (Å²) in [5.41, 5.74) is 0.382. The van der Waals surface area contributed by atoms with E-state index >= 15 is 0 Å². The second-order valence-corrected chi connectivity index (χ2v) is 4.50. The quantitative estimate of drug-likeness (QED) is 0.874. The normalized spacial score (nSPS) is 11.9. The van der Waals surface area contributed by atoms with E-state index in [4.69, 9.17) is 10.4 Å². The van der Waals surface area contributed by atoms with Gasteiger partial charge >= 0.3 is 0 Å². The number of hydrogen-bond acceptors (Lipinski definition) is 4. The Balaban J connectivity index is 2.60. The van der Waals surface area contributed by atoms with E-state index in [2.05, 4.69) is 0 Å². The monoisotopic (exact) mass is 288 g/mol. The van der Waals surface area contributed by atoms with Crippen LogP contribution < -0.4 is 5.56 Å². The van der Waals surface area contributed by atoms with Crippen LogP contribution in [-0.4, -0.2) is 27.5 Å². The topological polar surface area (TPSA) is 86.2 Å². The van der Waals surface area contributed by atoms with Gasteiger partial charge < -0.3 is 14.8 Å². The third-order valence-corrected chi connectivity index (χ3v) is 3.04. The smallest absolute Gasteiger partial charge is 0.269 e. The van der Waals surface area contributed by atoms with E-state index in [9.17, 15) is 14.3 Å². The van der Waals surface area contributed by atoms with Crippen LogP contribution in [0.5, 0.6) is 0 Å². The Morgan fingerprint density at radius 1 is 1.24 bits per heavy atom. The molecule has 1 unspecified atom stereocenters. The van der Waals surface area contributed by atoms with Crippen molar-refractivity contribution in [2.75, 3.05) is 6.61 Å². The molecule has 1 atom stereocenters. The molecule has 6 heteroatoms. The summed E-state index contributed by atoms with van der Waals surface area (Å²) in [7, 11) is 0. The van der Waals surface area contributed by atoms with E-state index in [-0.39, 0.29) is 12.1 Å². The maximum absolute atomic E-state index is 13.0. The molecule has 0 aliphatic rings. The van der Waals surface area contributed by atoms with Crippen LogP contribution in [0.3, 0.4) is 0 Å². The molecule has 0 saturated carbocycles. The van der Waals surface area contributed by atoms with Crippen LogP contribution in [0.4, 0.5) is 4.39 Å². The molecule has 0 amide bonds. The molecular weight excluding hydrogens is 275 g/mol. The molecule has 2 rings (SSSR count). The lowest BCUT2D eigenvalue weighted by molar-refractivity contribution is 0.0807. The lowest BCUT2D eigenvalue weighted by atomic mass is 10.1. The summed E-state index contributed by atoms with van der Waals surface area (Å²) in [6, 6.07) is 10.2. The van der Waals surface area contributed by atoms with Gasteiger partial charge in [-0.15, -0.1) is 0 Å². The zero-order valence-electron chi connectivity index (χ0n) is 11.0. The van der Waals surface area contributed by atoms with Gasteiger partial charge in [-0.2, -0.15) is 5.26 Å². The fraction of sp³-hybridized carbons (Fsp3) is 0.200. The minimum absolute atomic E-state index is 0.0639. The summed E-state index contributed by atoms with van der Waals surface area (Å²) >= 11 is 0. The van der Waals surface area contributed by atoms with Crippen LogP contribution in [0.15, 0.2) is 41.2 Å². The number of aromatic nitrogens is 1. The third kappa shape index (κ3) is 3.16. The zero-order chi connectivity index (χ0) is 15.4. The standard InChI is InChI=1S/C15H13FN2O3/c16-12-4-1-10(2-5-12)14-6-3-11(7-17)15(21)18(14)8-13(20)9-19/h1-6,13,19-20H,8-9H2. The Morgan fingerprint density at radius 3 is 2.48 bits per heavy atom. The molecule has 0 fully saturated rings. The lowest BCUT2D eigenvalue weighted by Gasteiger charge is -2.16. The number of halogens is 1. The van der Waals surface area contributed by atoms with E-state index in [0.29, 0.717) is 11.3 Å². The van der Waals surface area contributed by atoms with Crippen LogP contribution in [0.25, 0.3) is 11.3 Å². The SMILES string of the molecule is N#Cc1ccc(-c2ccc(F)cc2)n(CC(O)CO)c1=O. The number of aliphatic hydroxyl groups is 2. The molecule has 2 N–H and O–H groups in total. The first-order valence-corrected chi connectivity index (χ1v) is 6.25. The maximum Gasteiger partial charge on any atom is 0.269 e. The van der Waals surface area contributed by atoms with Crippen molar-refractivity contribution in [2.24, 2.45) is 0 Å². The van der Waals surface area contributed by atoms with Crippen LogP contribution >= 0.6 is 0 Å². The molecule has 5 nitrogen and oxygen atoms in total. The Bertz CT molecular complexity index is 732. The van der Waals surface area contributed by atoms with Crippen molar-refractivity contribution in [3.05, 3.63) is 58.1 Å². The number of aliphatic hydroxyl groups excluding tert-OH is 2. The van der Waals surface area contributed by atoms with E-state index < -0.39 is 24.1 Å². The Kier molecular flexibility index (Phi) is 4.48. The van der Waals surface area contributed by atoms with Gasteiger partial charge in [-0.3, -0.25) is 4.79 Å². The zero-order valence-corrected chi connectivity index (χ0v) is 11.0. The van der Waals surface area contributed by atoms with Crippen LogP contribution in [-0.2, 0) is 6.54 Å². The highest BCUT2D eigenvalue weighted by molar-refractivity contribution is 5.60. The highest BCUT2D eigenvalue weighted by Crippen LogP contribution is 2.19. The first-order valence-electron chi connectivity index (χ1n) is 6.25. The van der Waals surface area contributed by atoms with Gasteiger partial charge in [-0.1, -0.05) is 0 Å². The fourth-order valence-electron chi connectivity index (χ4n) is 1.99. The molecule has 21 heavy (non-hydrogen) atoms. The van der Waals surface area contributed by atoms with Gasteiger partial charge in [0.1, 0.15) is 17.4 Å². The van der Waals surface area contributed by atoms with Crippen LogP contribution in [0.2, 0.25) is 0 Å². The summed E-state index contributed by atoms with van der Waals surface area (Å²) in [6.45, 7) is -0.663. The van der Waals surface area contributed by atoms with Crippen LogP contribution in [0, 0.1) is 17.1 Å². The van der Waals surface area contributed by atoms with Gasteiger partial charge in [-0.25, -0.2) is 4.39 Å². The molecule has 0 bridgehead atoms. The number of nitrogens with zero attached hydrogens (tertiary/aromatic N) is 2. The van der Waals surface area contributed by atoms with Gasteiger partial charge in [0, 0.05) is 0 Å². The van der Waals surface area contributed by atoms with E-state index in [1.807, 2.05) is 0 Å². The third-order valence-electron chi connectivity index (χ3n) is 3.04. The summed E-state index contributed by atoms with van der Waals surface area (Å²) < 4.78 is 14.2.